The second kappa shape index (κ2) is 10.9. The maximum absolute atomic E-state index is 15.0. The predicted molar refractivity (Wildman–Crippen MR) is 130 cm³/mol. The lowest BCUT2D eigenvalue weighted by molar-refractivity contribution is -0.120. The number of carbonyl (C=O) groups excluding carboxylic acids is 3. The molecule has 3 amide bonds. The molecule has 2 N–H and O–H groups in total. The van der Waals surface area contributed by atoms with Crippen molar-refractivity contribution in [3.8, 4) is 0 Å². The van der Waals surface area contributed by atoms with Crippen molar-refractivity contribution < 1.29 is 33.0 Å². The number of amides is 3. The molecule has 0 aromatic heterocycles. The molecule has 0 radical (unpaired) electrons. The van der Waals surface area contributed by atoms with Crippen LogP contribution in [0.15, 0.2) is 18.2 Å². The van der Waals surface area contributed by atoms with E-state index in [-0.39, 0.29) is 19.6 Å². The fourth-order valence-corrected chi connectivity index (χ4v) is 4.28. The number of carbonyl (C=O) groups is 3. The van der Waals surface area contributed by atoms with Gasteiger partial charge in [-0.15, -0.1) is 0 Å². The minimum atomic E-state index is -0.698. The van der Waals surface area contributed by atoms with Crippen molar-refractivity contribution in [3.63, 3.8) is 0 Å². The minimum Gasteiger partial charge on any atom is -0.444 e. The third-order valence-corrected chi connectivity index (χ3v) is 6.23. The molecule has 0 bridgehead atoms. The summed E-state index contributed by atoms with van der Waals surface area (Å²) in [4.78, 5) is 41.8. The Labute approximate surface area is 209 Å². The molecule has 3 aliphatic heterocycles. The molecule has 1 atom stereocenters. The van der Waals surface area contributed by atoms with Crippen LogP contribution in [0.1, 0.15) is 20.8 Å². The van der Waals surface area contributed by atoms with Gasteiger partial charge < -0.3 is 29.7 Å². The molecular formula is C24H34FN5O6. The van der Waals surface area contributed by atoms with Gasteiger partial charge in [-0.25, -0.2) is 14.0 Å². The molecule has 11 nitrogen and oxygen atoms in total. The zero-order valence-electron chi connectivity index (χ0n) is 20.9. The number of hydrogen-bond donors (Lipinski definition) is 2. The van der Waals surface area contributed by atoms with E-state index in [1.165, 1.54) is 11.0 Å². The van der Waals surface area contributed by atoms with Gasteiger partial charge in [0.2, 0.25) is 5.91 Å². The zero-order valence-corrected chi connectivity index (χ0v) is 20.9. The summed E-state index contributed by atoms with van der Waals surface area (Å²) in [5.41, 5.74) is 0.240. The van der Waals surface area contributed by atoms with E-state index in [4.69, 9.17) is 14.2 Å². The molecule has 0 aliphatic carbocycles. The van der Waals surface area contributed by atoms with Gasteiger partial charge in [-0.1, -0.05) is 0 Å². The first-order valence-corrected chi connectivity index (χ1v) is 12.2. The first-order valence-electron chi connectivity index (χ1n) is 12.2. The SMILES string of the molecule is CC(C)(C)OC(=O)NCC(=O)NC[C@H]1CN(c2ccc(N3CCN(C4COC4)CC3)c(F)c2)C(=O)O1. The van der Waals surface area contributed by atoms with E-state index in [2.05, 4.69) is 15.5 Å². The maximum atomic E-state index is 15.0. The van der Waals surface area contributed by atoms with E-state index in [9.17, 15) is 18.8 Å². The first kappa shape index (κ1) is 26.0. The number of piperazine rings is 1. The average molecular weight is 508 g/mol. The zero-order chi connectivity index (χ0) is 25.9. The van der Waals surface area contributed by atoms with Crippen LogP contribution in [-0.2, 0) is 19.0 Å². The van der Waals surface area contributed by atoms with Crippen LogP contribution in [0.2, 0.25) is 0 Å². The Kier molecular flexibility index (Phi) is 7.84. The van der Waals surface area contributed by atoms with Crippen LogP contribution in [0, 0.1) is 5.82 Å². The van der Waals surface area contributed by atoms with Crippen LogP contribution >= 0.6 is 0 Å². The molecule has 3 saturated heterocycles. The van der Waals surface area contributed by atoms with Crippen molar-refractivity contribution in [3.05, 3.63) is 24.0 Å². The Hall–Kier alpha value is -3.12. The standard InChI is InChI=1S/C24H34FN5O6/c1-24(2,3)36-22(32)27-12-21(31)26-11-18-13-30(23(33)35-18)16-4-5-20(19(25)10-16)29-8-6-28(7-9-29)17-14-34-15-17/h4-5,10,17-18H,6-9,11-15H2,1-3H3,(H,26,31)(H,27,32)/t18-/m0/s1. The Morgan fingerprint density at radius 3 is 2.47 bits per heavy atom. The van der Waals surface area contributed by atoms with Crippen LogP contribution in [0.4, 0.5) is 25.4 Å². The monoisotopic (exact) mass is 507 g/mol. The highest BCUT2D eigenvalue weighted by atomic mass is 19.1. The van der Waals surface area contributed by atoms with Crippen LogP contribution in [0.25, 0.3) is 0 Å². The lowest BCUT2D eigenvalue weighted by Crippen LogP contribution is -2.56. The summed E-state index contributed by atoms with van der Waals surface area (Å²) in [6, 6.07) is 5.21. The molecule has 4 rings (SSSR count). The number of anilines is 2. The number of benzene rings is 1. The Morgan fingerprint density at radius 1 is 1.14 bits per heavy atom. The lowest BCUT2D eigenvalue weighted by atomic mass is 10.1. The summed E-state index contributed by atoms with van der Waals surface area (Å²) in [7, 11) is 0. The van der Waals surface area contributed by atoms with Gasteiger partial charge in [0.05, 0.1) is 50.3 Å². The van der Waals surface area contributed by atoms with Gasteiger partial charge in [0, 0.05) is 26.2 Å². The number of nitrogens with one attached hydrogen (secondary N) is 2. The molecule has 1 aromatic carbocycles. The number of ether oxygens (including phenoxy) is 3. The van der Waals surface area contributed by atoms with Gasteiger partial charge in [0.15, 0.2) is 0 Å². The van der Waals surface area contributed by atoms with Gasteiger partial charge in [-0.2, -0.15) is 0 Å². The van der Waals surface area contributed by atoms with Crippen molar-refractivity contribution in [2.75, 3.05) is 68.8 Å². The highest BCUT2D eigenvalue weighted by Crippen LogP contribution is 2.29. The van der Waals surface area contributed by atoms with Crippen LogP contribution in [0.5, 0.6) is 0 Å². The molecule has 12 heteroatoms. The van der Waals surface area contributed by atoms with Crippen LogP contribution < -0.4 is 20.4 Å². The summed E-state index contributed by atoms with van der Waals surface area (Å²) < 4.78 is 30.6. The van der Waals surface area contributed by atoms with Crippen molar-refractivity contribution in [1.29, 1.82) is 0 Å². The van der Waals surface area contributed by atoms with Crippen molar-refractivity contribution in [2.45, 2.75) is 38.5 Å². The predicted octanol–water partition coefficient (Wildman–Crippen LogP) is 1.31. The Bertz CT molecular complexity index is 974. The Balaban J connectivity index is 1.24. The lowest BCUT2D eigenvalue weighted by Gasteiger charge is -2.43. The molecule has 0 spiro atoms. The van der Waals surface area contributed by atoms with Crippen LogP contribution in [-0.4, -0.2) is 99.8 Å². The molecule has 3 aliphatic rings. The molecule has 198 valence electrons. The number of nitrogens with zero attached hydrogens (tertiary/aromatic N) is 3. The molecule has 0 saturated carbocycles. The molecular weight excluding hydrogens is 473 g/mol. The summed E-state index contributed by atoms with van der Waals surface area (Å²) in [6.07, 6.45) is -1.91. The third kappa shape index (κ3) is 6.55. The molecule has 3 fully saturated rings. The van der Waals surface area contributed by atoms with Gasteiger partial charge in [-0.05, 0) is 39.0 Å². The molecule has 0 unspecified atom stereocenters. The quantitative estimate of drug-likeness (QED) is 0.568. The van der Waals surface area contributed by atoms with E-state index in [1.54, 1.807) is 32.9 Å². The second-order valence-corrected chi connectivity index (χ2v) is 10.1. The summed E-state index contributed by atoms with van der Waals surface area (Å²) in [5.74, 6) is -0.846. The van der Waals surface area contributed by atoms with Crippen LogP contribution in [0.3, 0.4) is 0 Å². The van der Waals surface area contributed by atoms with Crippen molar-refractivity contribution >= 4 is 29.5 Å². The summed E-state index contributed by atoms with van der Waals surface area (Å²) in [6.45, 7) is 9.82. The first-order chi connectivity index (χ1) is 17.1. The average Bonchev–Trinajstić information content (AvgIpc) is 3.15. The molecule has 1 aromatic rings. The van der Waals surface area contributed by atoms with E-state index < -0.39 is 35.6 Å². The van der Waals surface area contributed by atoms with Gasteiger partial charge in [0.1, 0.15) is 17.5 Å². The number of rotatable bonds is 7. The summed E-state index contributed by atoms with van der Waals surface area (Å²) >= 11 is 0. The van der Waals surface area contributed by atoms with Crippen molar-refractivity contribution in [2.24, 2.45) is 0 Å². The van der Waals surface area contributed by atoms with E-state index in [1.807, 2.05) is 4.90 Å². The second-order valence-electron chi connectivity index (χ2n) is 10.1. The molecule has 3 heterocycles. The number of cyclic esters (lactones) is 1. The topological polar surface area (TPSA) is 113 Å². The highest BCUT2D eigenvalue weighted by molar-refractivity contribution is 5.90. The minimum absolute atomic E-state index is 0.0634. The number of alkyl carbamates (subject to hydrolysis) is 1. The van der Waals surface area contributed by atoms with Gasteiger partial charge >= 0.3 is 12.2 Å². The van der Waals surface area contributed by atoms with E-state index in [0.29, 0.717) is 17.4 Å². The summed E-state index contributed by atoms with van der Waals surface area (Å²) in [5, 5.41) is 4.98. The Morgan fingerprint density at radius 2 is 1.86 bits per heavy atom. The largest absolute Gasteiger partial charge is 0.444 e. The highest BCUT2D eigenvalue weighted by Gasteiger charge is 2.34. The van der Waals surface area contributed by atoms with Gasteiger partial charge in [-0.3, -0.25) is 14.6 Å². The third-order valence-electron chi connectivity index (χ3n) is 6.23. The normalized spacial score (nSPS) is 21.1. The van der Waals surface area contributed by atoms with E-state index in [0.717, 1.165) is 39.4 Å². The number of halogens is 1. The van der Waals surface area contributed by atoms with Crippen molar-refractivity contribution in [1.82, 2.24) is 15.5 Å². The number of hydrogen-bond acceptors (Lipinski definition) is 8. The van der Waals surface area contributed by atoms with E-state index >= 15 is 0 Å². The fourth-order valence-electron chi connectivity index (χ4n) is 4.28. The molecule has 36 heavy (non-hydrogen) atoms. The maximum Gasteiger partial charge on any atom is 0.414 e. The smallest absolute Gasteiger partial charge is 0.414 e. The van der Waals surface area contributed by atoms with Gasteiger partial charge in [0.25, 0.3) is 0 Å². The fraction of sp³-hybridized carbons (Fsp3) is 0.625.